The van der Waals surface area contributed by atoms with Crippen molar-refractivity contribution in [1.82, 2.24) is 14.9 Å². The van der Waals surface area contributed by atoms with Crippen molar-refractivity contribution in [2.24, 2.45) is 0 Å². The summed E-state index contributed by atoms with van der Waals surface area (Å²) in [6.07, 6.45) is 9.98. The first kappa shape index (κ1) is 12.2. The van der Waals surface area contributed by atoms with Crippen molar-refractivity contribution in [3.8, 4) is 0 Å². The summed E-state index contributed by atoms with van der Waals surface area (Å²) >= 11 is 0. The molecule has 0 aromatic carbocycles. The van der Waals surface area contributed by atoms with Crippen molar-refractivity contribution in [2.75, 3.05) is 6.54 Å². The normalized spacial score (nSPS) is 15.4. The highest BCUT2D eigenvalue weighted by atomic mass is 16.2. The van der Waals surface area contributed by atoms with Crippen LogP contribution in [-0.4, -0.2) is 33.2 Å². The van der Waals surface area contributed by atoms with Crippen LogP contribution in [0.1, 0.15) is 17.8 Å². The zero-order valence-electron chi connectivity index (χ0n) is 10.0. The van der Waals surface area contributed by atoms with Gasteiger partial charge in [-0.1, -0.05) is 6.08 Å². The van der Waals surface area contributed by atoms with Crippen LogP contribution in [0.15, 0.2) is 30.6 Å². The number of nitrogens with zero attached hydrogens (tertiary/aromatic N) is 3. The molecule has 1 aromatic rings. The number of imide groups is 1. The molecule has 0 spiro atoms. The quantitative estimate of drug-likeness (QED) is 0.730. The van der Waals surface area contributed by atoms with Crippen LogP contribution < -0.4 is 0 Å². The van der Waals surface area contributed by atoms with E-state index < -0.39 is 0 Å². The number of rotatable bonds is 2. The first-order valence-corrected chi connectivity index (χ1v) is 5.66. The Hall–Kier alpha value is -2.30. The van der Waals surface area contributed by atoms with Gasteiger partial charge in [0.25, 0.3) is 11.8 Å². The second-order valence-electron chi connectivity index (χ2n) is 3.88. The van der Waals surface area contributed by atoms with E-state index in [1.807, 2.05) is 6.92 Å². The third kappa shape index (κ3) is 2.68. The van der Waals surface area contributed by atoms with E-state index in [0.717, 1.165) is 5.69 Å². The molecule has 5 nitrogen and oxygen atoms in total. The third-order valence-corrected chi connectivity index (χ3v) is 2.61. The Morgan fingerprint density at radius 3 is 2.89 bits per heavy atom. The number of amides is 2. The minimum Gasteiger partial charge on any atom is -0.275 e. The molecule has 0 radical (unpaired) electrons. The summed E-state index contributed by atoms with van der Waals surface area (Å²) in [4.78, 5) is 32.7. The molecule has 0 saturated heterocycles. The lowest BCUT2D eigenvalue weighted by Crippen LogP contribution is -2.37. The molecule has 0 unspecified atom stereocenters. The van der Waals surface area contributed by atoms with Crippen molar-refractivity contribution in [2.45, 2.75) is 13.3 Å². The van der Waals surface area contributed by atoms with Gasteiger partial charge in [0, 0.05) is 25.0 Å². The Balaban J connectivity index is 2.10. The molecule has 0 N–H and O–H groups in total. The standard InChI is InChI=1S/C13H13N3O2/c1-10-11(15-8-7-14-10)5-6-13(18)16-9-3-2-4-12(16)17/h2,4-8H,3,9H2,1H3/b6-5+. The molecule has 1 aliphatic rings. The number of carbonyl (C=O) groups is 2. The smallest absolute Gasteiger partial charge is 0.253 e. The minimum atomic E-state index is -0.325. The minimum absolute atomic E-state index is 0.272. The Morgan fingerprint density at radius 2 is 2.17 bits per heavy atom. The summed E-state index contributed by atoms with van der Waals surface area (Å²) in [5.41, 5.74) is 1.37. The van der Waals surface area contributed by atoms with E-state index in [1.165, 1.54) is 17.1 Å². The van der Waals surface area contributed by atoms with Gasteiger partial charge in [-0.2, -0.15) is 0 Å². The van der Waals surface area contributed by atoms with Crippen molar-refractivity contribution < 1.29 is 9.59 Å². The fourth-order valence-corrected chi connectivity index (χ4v) is 1.63. The molecular weight excluding hydrogens is 230 g/mol. The van der Waals surface area contributed by atoms with Crippen LogP contribution in [0.3, 0.4) is 0 Å². The highest BCUT2D eigenvalue weighted by molar-refractivity contribution is 6.06. The summed E-state index contributed by atoms with van der Waals surface area (Å²) in [5.74, 6) is -0.596. The van der Waals surface area contributed by atoms with Crippen molar-refractivity contribution >= 4 is 17.9 Å². The monoisotopic (exact) mass is 243 g/mol. The predicted molar refractivity (Wildman–Crippen MR) is 66.3 cm³/mol. The lowest BCUT2D eigenvalue weighted by molar-refractivity contribution is -0.139. The van der Waals surface area contributed by atoms with Gasteiger partial charge >= 0.3 is 0 Å². The van der Waals surface area contributed by atoms with Gasteiger partial charge in [0.15, 0.2) is 0 Å². The Bertz CT molecular complexity index is 535. The first-order chi connectivity index (χ1) is 8.68. The van der Waals surface area contributed by atoms with Gasteiger partial charge in [0.2, 0.25) is 0 Å². The number of aryl methyl sites for hydroxylation is 1. The van der Waals surface area contributed by atoms with Gasteiger partial charge in [0.05, 0.1) is 11.4 Å². The van der Waals surface area contributed by atoms with Crippen molar-refractivity contribution in [3.05, 3.63) is 42.0 Å². The summed E-state index contributed by atoms with van der Waals surface area (Å²) in [6, 6.07) is 0. The molecule has 1 aliphatic heterocycles. The number of hydrogen-bond acceptors (Lipinski definition) is 4. The van der Waals surface area contributed by atoms with E-state index in [0.29, 0.717) is 18.7 Å². The maximum absolute atomic E-state index is 11.8. The van der Waals surface area contributed by atoms with Gasteiger partial charge in [-0.05, 0) is 25.5 Å². The number of aromatic nitrogens is 2. The van der Waals surface area contributed by atoms with Gasteiger partial charge in [0.1, 0.15) is 0 Å². The molecule has 0 fully saturated rings. The SMILES string of the molecule is Cc1nccnc1/C=C/C(=O)N1CCC=CC1=O. The van der Waals surface area contributed by atoms with Gasteiger partial charge in [-0.25, -0.2) is 0 Å². The molecule has 0 saturated carbocycles. The summed E-state index contributed by atoms with van der Waals surface area (Å²) in [5, 5.41) is 0. The largest absolute Gasteiger partial charge is 0.275 e. The maximum atomic E-state index is 11.8. The summed E-state index contributed by atoms with van der Waals surface area (Å²) < 4.78 is 0. The topological polar surface area (TPSA) is 63.2 Å². The molecule has 2 amide bonds. The van der Waals surface area contributed by atoms with Crippen molar-refractivity contribution in [1.29, 1.82) is 0 Å². The molecule has 18 heavy (non-hydrogen) atoms. The van der Waals surface area contributed by atoms with Gasteiger partial charge in [-0.15, -0.1) is 0 Å². The van der Waals surface area contributed by atoms with E-state index in [-0.39, 0.29) is 11.8 Å². The highest BCUT2D eigenvalue weighted by Crippen LogP contribution is 2.06. The van der Waals surface area contributed by atoms with Crippen LogP contribution in [0.2, 0.25) is 0 Å². The fourth-order valence-electron chi connectivity index (χ4n) is 1.63. The van der Waals surface area contributed by atoms with Crippen LogP contribution in [-0.2, 0) is 9.59 Å². The average Bonchev–Trinajstić information content (AvgIpc) is 2.38. The molecular formula is C13H13N3O2. The van der Waals surface area contributed by atoms with Crippen LogP contribution >= 0.6 is 0 Å². The summed E-state index contributed by atoms with van der Waals surface area (Å²) in [7, 11) is 0. The average molecular weight is 243 g/mol. The Kier molecular flexibility index (Phi) is 3.62. The van der Waals surface area contributed by atoms with Crippen LogP contribution in [0.4, 0.5) is 0 Å². The molecule has 0 aliphatic carbocycles. The Labute approximate surface area is 105 Å². The maximum Gasteiger partial charge on any atom is 0.253 e. The van der Waals surface area contributed by atoms with E-state index in [2.05, 4.69) is 9.97 Å². The van der Waals surface area contributed by atoms with E-state index >= 15 is 0 Å². The zero-order valence-corrected chi connectivity index (χ0v) is 10.0. The van der Waals surface area contributed by atoms with Gasteiger partial charge < -0.3 is 0 Å². The second kappa shape index (κ2) is 5.35. The summed E-state index contributed by atoms with van der Waals surface area (Å²) in [6.45, 7) is 2.24. The lowest BCUT2D eigenvalue weighted by atomic mass is 10.2. The molecule has 2 heterocycles. The van der Waals surface area contributed by atoms with Crippen molar-refractivity contribution in [3.63, 3.8) is 0 Å². The zero-order chi connectivity index (χ0) is 13.0. The van der Waals surface area contributed by atoms with Crippen LogP contribution in [0.25, 0.3) is 6.08 Å². The lowest BCUT2D eigenvalue weighted by Gasteiger charge is -2.19. The fraction of sp³-hybridized carbons (Fsp3) is 0.231. The molecule has 0 atom stereocenters. The van der Waals surface area contributed by atoms with Crippen LogP contribution in [0.5, 0.6) is 0 Å². The molecule has 92 valence electrons. The molecule has 5 heteroatoms. The predicted octanol–water partition coefficient (Wildman–Crippen LogP) is 1.11. The van der Waals surface area contributed by atoms with E-state index in [1.54, 1.807) is 24.5 Å². The number of hydrogen-bond donors (Lipinski definition) is 0. The first-order valence-electron chi connectivity index (χ1n) is 5.66. The molecule has 0 bridgehead atoms. The van der Waals surface area contributed by atoms with Gasteiger partial charge in [-0.3, -0.25) is 24.5 Å². The third-order valence-electron chi connectivity index (χ3n) is 2.61. The highest BCUT2D eigenvalue weighted by Gasteiger charge is 2.18. The second-order valence-corrected chi connectivity index (χ2v) is 3.88. The number of carbonyl (C=O) groups excluding carboxylic acids is 2. The molecule has 2 rings (SSSR count). The molecule has 1 aromatic heterocycles. The van der Waals surface area contributed by atoms with E-state index in [4.69, 9.17) is 0 Å². The van der Waals surface area contributed by atoms with E-state index in [9.17, 15) is 9.59 Å². The van der Waals surface area contributed by atoms with Crippen LogP contribution in [0, 0.1) is 6.92 Å². The Morgan fingerprint density at radius 1 is 1.39 bits per heavy atom.